The SMILES string of the molecule is O=C(Nc1csc(-c2ccc(Cl)cc2)c1C(=O)O)c1cc2c(Cl)cccn2n1. The van der Waals surface area contributed by atoms with Gasteiger partial charge in [-0.3, -0.25) is 4.79 Å². The molecule has 0 aliphatic heterocycles. The molecule has 6 nitrogen and oxygen atoms in total. The molecular formula is C19H11Cl2N3O3S. The number of hydrogen-bond donors (Lipinski definition) is 2. The number of carboxylic acid groups (broad SMARTS) is 1. The Morgan fingerprint density at radius 2 is 1.89 bits per heavy atom. The van der Waals surface area contributed by atoms with E-state index in [1.54, 1.807) is 54.0 Å². The molecule has 140 valence electrons. The molecule has 0 aliphatic carbocycles. The predicted octanol–water partition coefficient (Wildman–Crippen LogP) is 5.32. The lowest BCUT2D eigenvalue weighted by molar-refractivity contribution is 0.0699. The Hall–Kier alpha value is -2.87. The molecule has 0 saturated heterocycles. The molecule has 0 aliphatic rings. The number of thiophene rings is 1. The van der Waals surface area contributed by atoms with Gasteiger partial charge in [0.05, 0.1) is 21.1 Å². The average molecular weight is 432 g/mol. The lowest BCUT2D eigenvalue weighted by atomic mass is 10.1. The first-order chi connectivity index (χ1) is 13.4. The van der Waals surface area contributed by atoms with Gasteiger partial charge in [-0.2, -0.15) is 5.10 Å². The molecule has 0 radical (unpaired) electrons. The molecule has 2 N–H and O–H groups in total. The normalized spacial score (nSPS) is 10.9. The van der Waals surface area contributed by atoms with Gasteiger partial charge in [-0.1, -0.05) is 35.3 Å². The quantitative estimate of drug-likeness (QED) is 0.457. The Morgan fingerprint density at radius 1 is 1.14 bits per heavy atom. The largest absolute Gasteiger partial charge is 0.478 e. The second kappa shape index (κ2) is 7.27. The van der Waals surface area contributed by atoms with E-state index >= 15 is 0 Å². The summed E-state index contributed by atoms with van der Waals surface area (Å²) in [5.74, 6) is -1.66. The maximum absolute atomic E-state index is 12.6. The van der Waals surface area contributed by atoms with Crippen molar-refractivity contribution >= 4 is 57.6 Å². The van der Waals surface area contributed by atoms with Crippen LogP contribution in [0.1, 0.15) is 20.8 Å². The van der Waals surface area contributed by atoms with Crippen LogP contribution < -0.4 is 5.32 Å². The first kappa shape index (κ1) is 18.5. The fourth-order valence-electron chi connectivity index (χ4n) is 2.75. The molecular weight excluding hydrogens is 421 g/mol. The minimum absolute atomic E-state index is 0.0162. The number of fused-ring (bicyclic) bond motifs is 1. The van der Waals surface area contributed by atoms with Crippen molar-refractivity contribution in [3.8, 4) is 10.4 Å². The third-order valence-corrected chi connectivity index (χ3v) is 5.64. The van der Waals surface area contributed by atoms with Crippen LogP contribution in [-0.2, 0) is 0 Å². The highest BCUT2D eigenvalue weighted by atomic mass is 35.5. The van der Waals surface area contributed by atoms with E-state index < -0.39 is 11.9 Å². The van der Waals surface area contributed by atoms with Crippen LogP contribution in [-0.4, -0.2) is 26.6 Å². The van der Waals surface area contributed by atoms with Gasteiger partial charge in [-0.15, -0.1) is 11.3 Å². The molecule has 0 spiro atoms. The number of pyridine rings is 1. The molecule has 3 aromatic heterocycles. The van der Waals surface area contributed by atoms with Crippen LogP contribution in [0.15, 0.2) is 54.0 Å². The zero-order valence-corrected chi connectivity index (χ0v) is 16.3. The third-order valence-electron chi connectivity index (χ3n) is 4.04. The van der Waals surface area contributed by atoms with Gasteiger partial charge in [0.25, 0.3) is 5.91 Å². The number of carbonyl (C=O) groups excluding carboxylic acids is 1. The summed E-state index contributed by atoms with van der Waals surface area (Å²) in [4.78, 5) is 25.0. The zero-order valence-electron chi connectivity index (χ0n) is 14.0. The highest BCUT2D eigenvalue weighted by Crippen LogP contribution is 2.36. The summed E-state index contributed by atoms with van der Waals surface area (Å²) in [6, 6.07) is 11.8. The van der Waals surface area contributed by atoms with Crippen molar-refractivity contribution < 1.29 is 14.7 Å². The topological polar surface area (TPSA) is 83.7 Å². The van der Waals surface area contributed by atoms with E-state index in [4.69, 9.17) is 23.2 Å². The Labute approximate surface area is 172 Å². The number of anilines is 1. The molecule has 3 heterocycles. The van der Waals surface area contributed by atoms with Crippen LogP contribution in [0.5, 0.6) is 0 Å². The van der Waals surface area contributed by atoms with Gasteiger partial charge in [-0.25, -0.2) is 9.31 Å². The first-order valence-corrected chi connectivity index (χ1v) is 9.63. The van der Waals surface area contributed by atoms with Crippen molar-refractivity contribution in [2.45, 2.75) is 0 Å². The molecule has 9 heteroatoms. The van der Waals surface area contributed by atoms with Crippen molar-refractivity contribution in [3.63, 3.8) is 0 Å². The molecule has 4 rings (SSSR count). The summed E-state index contributed by atoms with van der Waals surface area (Å²) in [6.07, 6.45) is 1.67. The van der Waals surface area contributed by atoms with Crippen molar-refractivity contribution in [1.29, 1.82) is 0 Å². The van der Waals surface area contributed by atoms with E-state index in [0.29, 0.717) is 26.0 Å². The molecule has 0 saturated carbocycles. The maximum Gasteiger partial charge on any atom is 0.339 e. The van der Waals surface area contributed by atoms with Gasteiger partial charge in [0.15, 0.2) is 5.69 Å². The van der Waals surface area contributed by atoms with E-state index in [0.717, 1.165) is 0 Å². The van der Waals surface area contributed by atoms with Crippen LogP contribution in [0.25, 0.3) is 16.0 Å². The van der Waals surface area contributed by atoms with E-state index in [-0.39, 0.29) is 16.9 Å². The number of benzene rings is 1. The standard InChI is InChI=1S/C19H11Cl2N3O3S/c20-11-5-3-10(4-6-11)17-16(19(26)27)14(9-28-17)22-18(25)13-8-15-12(21)2-1-7-24(15)23-13/h1-9H,(H,22,25)(H,26,27). The van der Waals surface area contributed by atoms with Crippen LogP contribution in [0.2, 0.25) is 10.0 Å². The number of aromatic nitrogens is 2. The molecule has 1 amide bonds. The number of rotatable bonds is 4. The summed E-state index contributed by atoms with van der Waals surface area (Å²) < 4.78 is 1.49. The van der Waals surface area contributed by atoms with Gasteiger partial charge < -0.3 is 10.4 Å². The van der Waals surface area contributed by atoms with E-state index in [1.165, 1.54) is 15.9 Å². The summed E-state index contributed by atoms with van der Waals surface area (Å²) in [6.45, 7) is 0. The van der Waals surface area contributed by atoms with Crippen LogP contribution >= 0.6 is 34.5 Å². The second-order valence-corrected chi connectivity index (χ2v) is 7.56. The minimum atomic E-state index is -1.14. The second-order valence-electron chi connectivity index (χ2n) is 5.84. The number of carbonyl (C=O) groups is 2. The van der Waals surface area contributed by atoms with Crippen LogP contribution in [0, 0.1) is 0 Å². The summed E-state index contributed by atoms with van der Waals surface area (Å²) in [5, 5.41) is 19.1. The first-order valence-electron chi connectivity index (χ1n) is 8.00. The Kier molecular flexibility index (Phi) is 4.80. The van der Waals surface area contributed by atoms with Gasteiger partial charge in [0.1, 0.15) is 5.56 Å². The highest BCUT2D eigenvalue weighted by molar-refractivity contribution is 7.14. The van der Waals surface area contributed by atoms with Crippen molar-refractivity contribution in [3.05, 3.63) is 75.3 Å². The predicted molar refractivity (Wildman–Crippen MR) is 110 cm³/mol. The van der Waals surface area contributed by atoms with Gasteiger partial charge >= 0.3 is 5.97 Å². The van der Waals surface area contributed by atoms with Crippen molar-refractivity contribution in [2.75, 3.05) is 5.32 Å². The Balaban J connectivity index is 1.69. The zero-order chi connectivity index (χ0) is 19.8. The average Bonchev–Trinajstić information content (AvgIpc) is 3.27. The number of hydrogen-bond acceptors (Lipinski definition) is 4. The number of aromatic carboxylic acids is 1. The molecule has 0 bridgehead atoms. The molecule has 28 heavy (non-hydrogen) atoms. The number of halogens is 2. The molecule has 0 unspecified atom stereocenters. The fourth-order valence-corrected chi connectivity index (χ4v) is 4.09. The number of carboxylic acids is 1. The summed E-state index contributed by atoms with van der Waals surface area (Å²) >= 11 is 13.2. The van der Waals surface area contributed by atoms with E-state index in [9.17, 15) is 14.7 Å². The monoisotopic (exact) mass is 431 g/mol. The lowest BCUT2D eigenvalue weighted by Crippen LogP contribution is -2.14. The fraction of sp³-hybridized carbons (Fsp3) is 0. The summed E-state index contributed by atoms with van der Waals surface area (Å²) in [5.41, 5.74) is 1.63. The van der Waals surface area contributed by atoms with E-state index in [2.05, 4.69) is 10.4 Å². The molecule has 0 fully saturated rings. The van der Waals surface area contributed by atoms with Crippen molar-refractivity contribution in [1.82, 2.24) is 9.61 Å². The van der Waals surface area contributed by atoms with Crippen molar-refractivity contribution in [2.24, 2.45) is 0 Å². The lowest BCUT2D eigenvalue weighted by Gasteiger charge is -2.05. The number of nitrogens with zero attached hydrogens (tertiary/aromatic N) is 2. The van der Waals surface area contributed by atoms with Gasteiger partial charge in [0, 0.05) is 16.6 Å². The number of amides is 1. The van der Waals surface area contributed by atoms with Gasteiger partial charge in [0.2, 0.25) is 0 Å². The molecule has 0 atom stereocenters. The Morgan fingerprint density at radius 3 is 2.57 bits per heavy atom. The minimum Gasteiger partial charge on any atom is -0.478 e. The maximum atomic E-state index is 12.6. The van der Waals surface area contributed by atoms with Crippen LogP contribution in [0.4, 0.5) is 5.69 Å². The summed E-state index contributed by atoms with van der Waals surface area (Å²) in [7, 11) is 0. The number of nitrogens with one attached hydrogen (secondary N) is 1. The van der Waals surface area contributed by atoms with Crippen LogP contribution in [0.3, 0.4) is 0 Å². The molecule has 4 aromatic rings. The smallest absolute Gasteiger partial charge is 0.339 e. The molecule has 1 aromatic carbocycles. The highest BCUT2D eigenvalue weighted by Gasteiger charge is 2.22. The van der Waals surface area contributed by atoms with E-state index in [1.807, 2.05) is 0 Å². The van der Waals surface area contributed by atoms with Gasteiger partial charge in [-0.05, 0) is 35.9 Å². The third kappa shape index (κ3) is 3.35. The Bertz CT molecular complexity index is 1220.